The Morgan fingerprint density at radius 3 is 2.79 bits per heavy atom. The van der Waals surface area contributed by atoms with Crippen molar-refractivity contribution in [2.24, 2.45) is 0 Å². The molecule has 0 aliphatic carbocycles. The van der Waals surface area contributed by atoms with Crippen LogP contribution in [0.3, 0.4) is 0 Å². The van der Waals surface area contributed by atoms with Crippen LogP contribution in [-0.4, -0.2) is 43.6 Å². The number of ether oxygens (including phenoxy) is 1. The molecule has 1 aromatic rings. The highest BCUT2D eigenvalue weighted by Gasteiger charge is 2.22. The van der Waals surface area contributed by atoms with Crippen molar-refractivity contribution in [2.75, 3.05) is 26.7 Å². The topological polar surface area (TPSA) is 41.6 Å². The van der Waals surface area contributed by atoms with E-state index in [2.05, 4.69) is 5.32 Å². The first-order valence-corrected chi connectivity index (χ1v) is 6.41. The molecule has 1 N–H and O–H groups in total. The number of nitrogens with one attached hydrogen (secondary N) is 1. The van der Waals surface area contributed by atoms with E-state index in [0.29, 0.717) is 19.1 Å². The van der Waals surface area contributed by atoms with Crippen LogP contribution in [-0.2, 0) is 4.79 Å². The monoisotopic (exact) mass is 284 g/mol. The number of carbonyl (C=O) groups is 1. The molecule has 1 aliphatic heterocycles. The van der Waals surface area contributed by atoms with Crippen LogP contribution in [0, 0.1) is 0 Å². The molecule has 106 valence electrons. The van der Waals surface area contributed by atoms with Crippen molar-refractivity contribution in [3.63, 3.8) is 0 Å². The average molecular weight is 285 g/mol. The number of hydrogen-bond acceptors (Lipinski definition) is 3. The van der Waals surface area contributed by atoms with Gasteiger partial charge in [-0.25, -0.2) is 0 Å². The lowest BCUT2D eigenvalue weighted by molar-refractivity contribution is -0.132. The summed E-state index contributed by atoms with van der Waals surface area (Å²) >= 11 is 0. The van der Waals surface area contributed by atoms with E-state index in [1.807, 2.05) is 42.3 Å². The van der Waals surface area contributed by atoms with Gasteiger partial charge in [0.05, 0.1) is 13.0 Å². The van der Waals surface area contributed by atoms with Crippen molar-refractivity contribution in [1.29, 1.82) is 0 Å². The van der Waals surface area contributed by atoms with Gasteiger partial charge in [0.25, 0.3) is 0 Å². The Bertz CT molecular complexity index is 380. The fourth-order valence-corrected chi connectivity index (χ4v) is 2.12. The number of nitrogens with zero attached hydrogens (tertiary/aromatic N) is 1. The van der Waals surface area contributed by atoms with Gasteiger partial charge in [0.1, 0.15) is 5.75 Å². The summed E-state index contributed by atoms with van der Waals surface area (Å²) in [6, 6.07) is 9.93. The second-order valence-electron chi connectivity index (χ2n) is 4.56. The number of rotatable bonds is 5. The van der Waals surface area contributed by atoms with E-state index in [9.17, 15) is 4.79 Å². The van der Waals surface area contributed by atoms with E-state index < -0.39 is 0 Å². The summed E-state index contributed by atoms with van der Waals surface area (Å²) in [5.41, 5.74) is 0. The Morgan fingerprint density at radius 1 is 1.42 bits per heavy atom. The molecule has 1 atom stereocenters. The molecule has 19 heavy (non-hydrogen) atoms. The van der Waals surface area contributed by atoms with Crippen LogP contribution >= 0.6 is 12.4 Å². The number of benzene rings is 1. The van der Waals surface area contributed by atoms with Crippen LogP contribution in [0.4, 0.5) is 0 Å². The fourth-order valence-electron chi connectivity index (χ4n) is 2.12. The number of amides is 1. The van der Waals surface area contributed by atoms with Crippen molar-refractivity contribution in [3.05, 3.63) is 30.3 Å². The number of likely N-dealkylation sites (N-methyl/N-ethyl adjacent to an activating group) is 1. The zero-order chi connectivity index (χ0) is 12.8. The van der Waals surface area contributed by atoms with Crippen molar-refractivity contribution in [2.45, 2.75) is 18.9 Å². The first kappa shape index (κ1) is 15.8. The standard InChI is InChI=1S/C14H20N2O2.ClH/c1-16(12-7-9-15-11-12)14(17)8-10-18-13-5-3-2-4-6-13;/h2-6,12,15H,7-11H2,1H3;1H. The lowest BCUT2D eigenvalue weighted by atomic mass is 10.2. The van der Waals surface area contributed by atoms with E-state index >= 15 is 0 Å². The summed E-state index contributed by atoms with van der Waals surface area (Å²) in [5, 5.41) is 3.26. The molecule has 1 amide bonds. The minimum absolute atomic E-state index is 0. The molecule has 1 aliphatic rings. The maximum atomic E-state index is 11.9. The zero-order valence-corrected chi connectivity index (χ0v) is 12.0. The third-order valence-corrected chi connectivity index (χ3v) is 3.30. The highest BCUT2D eigenvalue weighted by molar-refractivity contribution is 5.85. The number of para-hydroxylation sites is 1. The molecule has 0 radical (unpaired) electrons. The molecule has 0 aromatic heterocycles. The zero-order valence-electron chi connectivity index (χ0n) is 11.2. The van der Waals surface area contributed by atoms with Crippen LogP contribution < -0.4 is 10.1 Å². The summed E-state index contributed by atoms with van der Waals surface area (Å²) in [6.07, 6.45) is 1.48. The van der Waals surface area contributed by atoms with Gasteiger partial charge in [-0.15, -0.1) is 12.4 Å². The fraction of sp³-hybridized carbons (Fsp3) is 0.500. The third-order valence-electron chi connectivity index (χ3n) is 3.30. The number of carbonyl (C=O) groups excluding carboxylic acids is 1. The summed E-state index contributed by atoms with van der Waals surface area (Å²) < 4.78 is 5.53. The predicted molar refractivity (Wildman–Crippen MR) is 77.8 cm³/mol. The second-order valence-corrected chi connectivity index (χ2v) is 4.56. The average Bonchev–Trinajstić information content (AvgIpc) is 2.93. The van der Waals surface area contributed by atoms with Gasteiger partial charge in [-0.1, -0.05) is 18.2 Å². The largest absolute Gasteiger partial charge is 0.493 e. The lowest BCUT2D eigenvalue weighted by Gasteiger charge is -2.23. The first-order valence-electron chi connectivity index (χ1n) is 6.41. The second kappa shape index (κ2) is 8.02. The van der Waals surface area contributed by atoms with Gasteiger partial charge in [-0.3, -0.25) is 4.79 Å². The van der Waals surface area contributed by atoms with Gasteiger partial charge < -0.3 is 15.0 Å². The maximum absolute atomic E-state index is 11.9. The van der Waals surface area contributed by atoms with Gasteiger partial charge in [0.15, 0.2) is 0 Å². The smallest absolute Gasteiger partial charge is 0.226 e. The SMILES string of the molecule is CN(C(=O)CCOc1ccccc1)C1CCNC1.Cl. The summed E-state index contributed by atoms with van der Waals surface area (Å²) in [4.78, 5) is 13.8. The van der Waals surface area contributed by atoms with Gasteiger partial charge in [-0.05, 0) is 25.1 Å². The highest BCUT2D eigenvalue weighted by Crippen LogP contribution is 2.10. The Labute approximate surface area is 120 Å². The summed E-state index contributed by atoms with van der Waals surface area (Å²) in [5.74, 6) is 0.968. The van der Waals surface area contributed by atoms with E-state index in [1.54, 1.807) is 0 Å². The third kappa shape index (κ3) is 4.73. The number of halogens is 1. The molecular weight excluding hydrogens is 264 g/mol. The Morgan fingerprint density at radius 2 is 2.16 bits per heavy atom. The molecule has 1 aromatic carbocycles. The van der Waals surface area contributed by atoms with E-state index in [-0.39, 0.29) is 18.3 Å². The van der Waals surface area contributed by atoms with Crippen LogP contribution in [0.15, 0.2) is 30.3 Å². The molecule has 2 rings (SSSR count). The lowest BCUT2D eigenvalue weighted by Crippen LogP contribution is -2.38. The van der Waals surface area contributed by atoms with Crippen molar-refractivity contribution in [3.8, 4) is 5.75 Å². The van der Waals surface area contributed by atoms with Gasteiger partial charge in [0.2, 0.25) is 5.91 Å². The minimum atomic E-state index is 0. The molecule has 1 saturated heterocycles. The number of hydrogen-bond donors (Lipinski definition) is 1. The van der Waals surface area contributed by atoms with Crippen molar-refractivity contribution < 1.29 is 9.53 Å². The Kier molecular flexibility index (Phi) is 6.67. The molecular formula is C14H21ClN2O2. The summed E-state index contributed by atoms with van der Waals surface area (Å²) in [7, 11) is 1.88. The molecule has 4 nitrogen and oxygen atoms in total. The molecule has 1 heterocycles. The van der Waals surface area contributed by atoms with Crippen LogP contribution in [0.5, 0.6) is 5.75 Å². The molecule has 1 fully saturated rings. The molecule has 0 spiro atoms. The van der Waals surface area contributed by atoms with E-state index in [0.717, 1.165) is 25.3 Å². The van der Waals surface area contributed by atoms with Gasteiger partial charge >= 0.3 is 0 Å². The van der Waals surface area contributed by atoms with Gasteiger partial charge in [0, 0.05) is 19.6 Å². The van der Waals surface area contributed by atoms with Crippen molar-refractivity contribution >= 4 is 18.3 Å². The van der Waals surface area contributed by atoms with Gasteiger partial charge in [-0.2, -0.15) is 0 Å². The Balaban J connectivity index is 0.00000180. The van der Waals surface area contributed by atoms with E-state index in [1.165, 1.54) is 0 Å². The van der Waals surface area contributed by atoms with Crippen LogP contribution in [0.2, 0.25) is 0 Å². The normalized spacial score (nSPS) is 17.6. The van der Waals surface area contributed by atoms with Crippen molar-refractivity contribution in [1.82, 2.24) is 10.2 Å². The molecule has 1 unspecified atom stereocenters. The molecule has 5 heteroatoms. The Hall–Kier alpha value is -1.26. The van der Waals surface area contributed by atoms with Crippen LogP contribution in [0.1, 0.15) is 12.8 Å². The predicted octanol–water partition coefficient (Wildman–Crippen LogP) is 1.70. The summed E-state index contributed by atoms with van der Waals surface area (Å²) in [6.45, 7) is 2.35. The molecule has 0 saturated carbocycles. The quantitative estimate of drug-likeness (QED) is 0.895. The minimum Gasteiger partial charge on any atom is -0.493 e. The van der Waals surface area contributed by atoms with Crippen LogP contribution in [0.25, 0.3) is 0 Å². The first-order chi connectivity index (χ1) is 8.77. The molecule has 0 bridgehead atoms. The van der Waals surface area contributed by atoms with E-state index in [4.69, 9.17) is 4.74 Å². The highest BCUT2D eigenvalue weighted by atomic mass is 35.5. The maximum Gasteiger partial charge on any atom is 0.226 e.